The Hall–Kier alpha value is -3.07. The number of hydrogen-bond acceptors (Lipinski definition) is 2. The quantitative estimate of drug-likeness (QED) is 0.753. The number of amides is 1. The Morgan fingerprint density at radius 3 is 2.12 bits per heavy atom. The number of ether oxygens (including phenoxy) is 1. The van der Waals surface area contributed by atoms with Crippen LogP contribution >= 0.6 is 0 Å². The van der Waals surface area contributed by atoms with Gasteiger partial charge in [-0.05, 0) is 40.8 Å². The zero-order chi connectivity index (χ0) is 17.8. The largest absolute Gasteiger partial charge is 0.496 e. The number of hydrogen-bond donors (Lipinski definition) is 1. The molecule has 0 atom stereocenters. The molecule has 3 aromatic rings. The van der Waals surface area contributed by atoms with Gasteiger partial charge in [-0.2, -0.15) is 0 Å². The summed E-state index contributed by atoms with van der Waals surface area (Å²) in [5.74, 6) is 0.461. The van der Waals surface area contributed by atoms with Gasteiger partial charge in [-0.3, -0.25) is 4.79 Å². The van der Waals surface area contributed by atoms with Crippen LogP contribution < -0.4 is 10.1 Å². The molecule has 0 unspecified atom stereocenters. The highest BCUT2D eigenvalue weighted by Gasteiger charge is 2.18. The second kappa shape index (κ2) is 7.22. The first kappa shape index (κ1) is 16.8. The molecule has 3 aromatic carbocycles. The minimum atomic E-state index is -0.150. The summed E-state index contributed by atoms with van der Waals surface area (Å²) in [4.78, 5) is 12.1. The van der Waals surface area contributed by atoms with E-state index in [0.29, 0.717) is 11.3 Å². The fraction of sp³-hybridized carbons (Fsp3) is 0.136. The lowest BCUT2D eigenvalue weighted by Gasteiger charge is -2.17. The van der Waals surface area contributed by atoms with Gasteiger partial charge >= 0.3 is 0 Å². The molecule has 0 aliphatic heterocycles. The van der Waals surface area contributed by atoms with Crippen LogP contribution in [0.3, 0.4) is 0 Å². The van der Waals surface area contributed by atoms with Gasteiger partial charge in [-0.15, -0.1) is 0 Å². The van der Waals surface area contributed by atoms with Crippen molar-refractivity contribution in [3.8, 4) is 28.0 Å². The highest BCUT2D eigenvalue weighted by molar-refractivity contribution is 5.99. The Labute approximate surface area is 148 Å². The molecule has 1 N–H and O–H groups in total. The van der Waals surface area contributed by atoms with Crippen molar-refractivity contribution < 1.29 is 9.53 Å². The number of methoxy groups -OCH3 is 1. The van der Waals surface area contributed by atoms with E-state index in [1.54, 1.807) is 14.2 Å². The molecular weight excluding hydrogens is 310 g/mol. The molecule has 1 amide bonds. The first-order valence-electron chi connectivity index (χ1n) is 8.22. The molecule has 3 nitrogen and oxygen atoms in total. The number of nitrogens with one attached hydrogen (secondary N) is 1. The van der Waals surface area contributed by atoms with Gasteiger partial charge in [0.05, 0.1) is 12.7 Å². The van der Waals surface area contributed by atoms with Crippen LogP contribution in [0.5, 0.6) is 5.75 Å². The summed E-state index contributed by atoms with van der Waals surface area (Å²) in [6.07, 6.45) is 0. The first-order valence-corrected chi connectivity index (χ1v) is 8.22. The third kappa shape index (κ3) is 3.13. The zero-order valence-corrected chi connectivity index (χ0v) is 14.7. The van der Waals surface area contributed by atoms with Gasteiger partial charge in [0.2, 0.25) is 0 Å². The van der Waals surface area contributed by atoms with E-state index in [1.807, 2.05) is 49.4 Å². The number of benzene rings is 3. The molecule has 0 radical (unpaired) electrons. The van der Waals surface area contributed by atoms with Gasteiger partial charge in [0.25, 0.3) is 5.91 Å². The standard InChI is InChI=1S/C22H21NO2/c1-15-17(13-14-20(21(15)25-3)22(24)23-2)19-12-8-7-11-18(19)16-9-5-4-6-10-16/h4-14H,1-3H3,(H,23,24). The first-order chi connectivity index (χ1) is 12.2. The smallest absolute Gasteiger partial charge is 0.254 e. The maximum absolute atomic E-state index is 12.1. The van der Waals surface area contributed by atoms with E-state index in [9.17, 15) is 4.79 Å². The van der Waals surface area contributed by atoms with Crippen LogP contribution in [-0.2, 0) is 0 Å². The average Bonchev–Trinajstić information content (AvgIpc) is 2.67. The lowest BCUT2D eigenvalue weighted by Crippen LogP contribution is -2.19. The number of carbonyl (C=O) groups is 1. The van der Waals surface area contributed by atoms with Gasteiger partial charge in [0.1, 0.15) is 5.75 Å². The van der Waals surface area contributed by atoms with Crippen molar-refractivity contribution in [2.24, 2.45) is 0 Å². The van der Waals surface area contributed by atoms with Crippen LogP contribution in [-0.4, -0.2) is 20.1 Å². The fourth-order valence-corrected chi connectivity index (χ4v) is 3.15. The molecule has 0 fully saturated rings. The predicted octanol–water partition coefficient (Wildman–Crippen LogP) is 4.70. The predicted molar refractivity (Wildman–Crippen MR) is 102 cm³/mol. The van der Waals surface area contributed by atoms with E-state index in [0.717, 1.165) is 27.8 Å². The van der Waals surface area contributed by atoms with Gasteiger partial charge < -0.3 is 10.1 Å². The monoisotopic (exact) mass is 331 g/mol. The van der Waals surface area contributed by atoms with Crippen molar-refractivity contribution >= 4 is 5.91 Å². The molecule has 0 spiro atoms. The van der Waals surface area contributed by atoms with Gasteiger partial charge in [0.15, 0.2) is 0 Å². The molecule has 0 saturated carbocycles. The van der Waals surface area contributed by atoms with Crippen LogP contribution in [0.1, 0.15) is 15.9 Å². The lowest BCUT2D eigenvalue weighted by atomic mass is 9.90. The molecule has 3 heteroatoms. The maximum atomic E-state index is 12.1. The Balaban J connectivity index is 2.20. The summed E-state index contributed by atoms with van der Waals surface area (Å²) in [7, 11) is 3.22. The van der Waals surface area contributed by atoms with Crippen LogP contribution in [0.4, 0.5) is 0 Å². The molecule has 0 heterocycles. The highest BCUT2D eigenvalue weighted by atomic mass is 16.5. The Morgan fingerprint density at radius 1 is 0.840 bits per heavy atom. The molecule has 3 rings (SSSR count). The van der Waals surface area contributed by atoms with E-state index in [4.69, 9.17) is 4.74 Å². The topological polar surface area (TPSA) is 38.3 Å². The number of carbonyl (C=O) groups excluding carboxylic acids is 1. The molecule has 0 bridgehead atoms. The van der Waals surface area contributed by atoms with Crippen molar-refractivity contribution in [3.05, 3.63) is 77.9 Å². The Kier molecular flexibility index (Phi) is 4.85. The molecule has 25 heavy (non-hydrogen) atoms. The molecule has 126 valence electrons. The van der Waals surface area contributed by atoms with E-state index in [-0.39, 0.29) is 5.91 Å². The second-order valence-electron chi connectivity index (χ2n) is 5.81. The van der Waals surface area contributed by atoms with Gasteiger partial charge in [-0.25, -0.2) is 0 Å². The molecule has 0 aromatic heterocycles. The normalized spacial score (nSPS) is 10.4. The molecule has 0 aliphatic rings. The summed E-state index contributed by atoms with van der Waals surface area (Å²) in [5, 5.41) is 2.66. The van der Waals surface area contributed by atoms with E-state index < -0.39 is 0 Å². The molecular formula is C22H21NO2. The summed E-state index contributed by atoms with van der Waals surface area (Å²) < 4.78 is 5.55. The minimum Gasteiger partial charge on any atom is -0.496 e. The van der Waals surface area contributed by atoms with Crippen molar-refractivity contribution in [1.29, 1.82) is 0 Å². The van der Waals surface area contributed by atoms with Crippen LogP contribution in [0.15, 0.2) is 66.7 Å². The average molecular weight is 331 g/mol. The van der Waals surface area contributed by atoms with Crippen molar-refractivity contribution in [2.45, 2.75) is 6.92 Å². The van der Waals surface area contributed by atoms with Crippen molar-refractivity contribution in [1.82, 2.24) is 5.32 Å². The SMILES string of the molecule is CNC(=O)c1ccc(-c2ccccc2-c2ccccc2)c(C)c1OC. The van der Waals surface area contributed by atoms with Crippen LogP contribution in [0.25, 0.3) is 22.3 Å². The van der Waals surface area contributed by atoms with E-state index in [2.05, 4.69) is 29.6 Å². The highest BCUT2D eigenvalue weighted by Crippen LogP contribution is 2.38. The third-order valence-electron chi connectivity index (χ3n) is 4.38. The third-order valence-corrected chi connectivity index (χ3v) is 4.38. The maximum Gasteiger partial charge on any atom is 0.254 e. The summed E-state index contributed by atoms with van der Waals surface area (Å²) >= 11 is 0. The Morgan fingerprint density at radius 2 is 1.48 bits per heavy atom. The van der Waals surface area contributed by atoms with Crippen LogP contribution in [0, 0.1) is 6.92 Å². The van der Waals surface area contributed by atoms with Crippen molar-refractivity contribution in [2.75, 3.05) is 14.2 Å². The molecule has 0 saturated heterocycles. The minimum absolute atomic E-state index is 0.150. The zero-order valence-electron chi connectivity index (χ0n) is 14.7. The fourth-order valence-electron chi connectivity index (χ4n) is 3.15. The van der Waals surface area contributed by atoms with Crippen molar-refractivity contribution in [3.63, 3.8) is 0 Å². The van der Waals surface area contributed by atoms with Gasteiger partial charge in [-0.1, -0.05) is 60.7 Å². The molecule has 0 aliphatic carbocycles. The van der Waals surface area contributed by atoms with Crippen LogP contribution in [0.2, 0.25) is 0 Å². The summed E-state index contributed by atoms with van der Waals surface area (Å²) in [5.41, 5.74) is 5.99. The lowest BCUT2D eigenvalue weighted by molar-refractivity contribution is 0.0960. The van der Waals surface area contributed by atoms with E-state index in [1.165, 1.54) is 0 Å². The van der Waals surface area contributed by atoms with E-state index >= 15 is 0 Å². The summed E-state index contributed by atoms with van der Waals surface area (Å²) in [6, 6.07) is 22.4. The number of rotatable bonds is 4. The summed E-state index contributed by atoms with van der Waals surface area (Å²) in [6.45, 7) is 1.99. The Bertz CT molecular complexity index is 901. The second-order valence-corrected chi connectivity index (χ2v) is 5.81. The van der Waals surface area contributed by atoms with Gasteiger partial charge in [0, 0.05) is 7.05 Å².